The lowest BCUT2D eigenvalue weighted by Crippen LogP contribution is -2.32. The maximum Gasteiger partial charge on any atom is 0.320 e. The number of aliphatic carboxylic acids is 3. The van der Waals surface area contributed by atoms with Crippen LogP contribution in [0, 0.1) is 0 Å². The number of anilines is 1. The number of carboxylic acids is 3. The van der Waals surface area contributed by atoms with Crippen LogP contribution in [0.25, 0.3) is 0 Å². The van der Waals surface area contributed by atoms with Crippen molar-refractivity contribution in [3.8, 4) is 5.75 Å². The molecule has 6 rings (SSSR count). The molecule has 3 atom stereocenters. The van der Waals surface area contributed by atoms with Gasteiger partial charge in [-0.3, -0.25) is 19.2 Å². The van der Waals surface area contributed by atoms with Gasteiger partial charge < -0.3 is 71.0 Å². The summed E-state index contributed by atoms with van der Waals surface area (Å²) in [6.07, 6.45) is 0.0875. The van der Waals surface area contributed by atoms with Crippen molar-refractivity contribution in [2.75, 3.05) is 58.1 Å². The summed E-state index contributed by atoms with van der Waals surface area (Å²) in [5, 5.41) is 29.4. The lowest BCUT2D eigenvalue weighted by Gasteiger charge is -2.12. The lowest BCUT2D eigenvalue weighted by molar-refractivity contribution is -0.139. The van der Waals surface area contributed by atoms with E-state index in [2.05, 4.69) is 5.32 Å². The topological polar surface area (TPSA) is 284 Å². The van der Waals surface area contributed by atoms with E-state index < -0.39 is 42.3 Å². The number of ether oxygens (including phenoxy) is 7. The zero-order valence-electron chi connectivity index (χ0n) is 31.9. The van der Waals surface area contributed by atoms with Crippen LogP contribution in [0.15, 0.2) is 72.8 Å². The van der Waals surface area contributed by atoms with Gasteiger partial charge in [0.2, 0.25) is 0 Å². The zero-order valence-corrected chi connectivity index (χ0v) is 31.9. The first-order valence-corrected chi connectivity index (χ1v) is 18.7. The second-order valence-electron chi connectivity index (χ2n) is 13.3. The van der Waals surface area contributed by atoms with E-state index in [1.54, 1.807) is 48.5 Å². The summed E-state index contributed by atoms with van der Waals surface area (Å²) in [6.45, 7) is 4.44. The third-order valence-electron chi connectivity index (χ3n) is 8.76. The van der Waals surface area contributed by atoms with Crippen molar-refractivity contribution in [3.63, 3.8) is 0 Å². The predicted molar refractivity (Wildman–Crippen MR) is 207 cm³/mol. The minimum atomic E-state index is -1.04. The molecule has 0 radical (unpaired) electrons. The maximum atomic E-state index is 12.0. The standard InChI is InChI=1S/C14H17NO5.C13H18N2O4.C13H17NO5/c15-11(14(17)18)7-9-1-3-10(4-2-9)12(16)8-13-19-5-6-20-13;14-11(13(16)17)7-9-1-3-10(4-2-9)15-8-12-18-5-6-19-12;14-11(13(15)16)7-9-1-3-10(4-2-9)19-8-12-17-5-6-18-12/h1-4,11,13H,5-8,15H2,(H,17,18);1-4,11-12,15H,5-8,14H2,(H,16,17);1-4,11-12H,5-8,14H2,(H,15,16). The summed E-state index contributed by atoms with van der Waals surface area (Å²) < 4.78 is 37.1. The monoisotopic (exact) mass is 812 g/mol. The maximum absolute atomic E-state index is 12.0. The highest BCUT2D eigenvalue weighted by Crippen LogP contribution is 2.17. The number of ketones is 1. The van der Waals surface area contributed by atoms with Gasteiger partial charge in [-0.25, -0.2) is 0 Å². The molecule has 3 aromatic rings. The number of rotatable bonds is 18. The minimum Gasteiger partial charge on any atom is -0.488 e. The molecule has 3 aromatic carbocycles. The molecule has 0 saturated carbocycles. The van der Waals surface area contributed by atoms with Gasteiger partial charge in [-0.2, -0.15) is 0 Å². The molecule has 18 heteroatoms. The van der Waals surface area contributed by atoms with E-state index in [9.17, 15) is 19.2 Å². The molecule has 0 spiro atoms. The predicted octanol–water partition coefficient (Wildman–Crippen LogP) is 1.41. The largest absolute Gasteiger partial charge is 0.488 e. The third-order valence-corrected chi connectivity index (χ3v) is 8.76. The fraction of sp³-hybridized carbons (Fsp3) is 0.450. The SMILES string of the molecule is NC(Cc1ccc(C(=O)CC2OCCO2)cc1)C(=O)O.NC(Cc1ccc(NCC2OCCO2)cc1)C(=O)O.NC(Cc1ccc(OCC2OCCO2)cc1)C(=O)O. The number of carbonyl (C=O) groups excluding carboxylic acids is 1. The Hall–Kier alpha value is -5.02. The van der Waals surface area contributed by atoms with E-state index in [-0.39, 0.29) is 31.2 Å². The Balaban J connectivity index is 0.000000193. The average molecular weight is 813 g/mol. The van der Waals surface area contributed by atoms with Gasteiger partial charge in [-0.15, -0.1) is 0 Å². The number of carbonyl (C=O) groups is 4. The van der Waals surface area contributed by atoms with E-state index >= 15 is 0 Å². The van der Waals surface area contributed by atoms with Crippen LogP contribution >= 0.6 is 0 Å². The number of nitrogens with two attached hydrogens (primary N) is 3. The first-order valence-electron chi connectivity index (χ1n) is 18.7. The molecule has 3 heterocycles. The summed E-state index contributed by atoms with van der Waals surface area (Å²) in [4.78, 5) is 43.9. The fourth-order valence-electron chi connectivity index (χ4n) is 5.52. The number of nitrogens with one attached hydrogen (secondary N) is 1. The van der Waals surface area contributed by atoms with Crippen molar-refractivity contribution in [1.82, 2.24) is 0 Å². The van der Waals surface area contributed by atoms with Crippen molar-refractivity contribution >= 4 is 29.4 Å². The highest BCUT2D eigenvalue weighted by Gasteiger charge is 2.21. The average Bonchev–Trinajstić information content (AvgIpc) is 4.04. The Labute approximate surface area is 335 Å². The summed E-state index contributed by atoms with van der Waals surface area (Å²) in [5.74, 6) is -2.41. The highest BCUT2D eigenvalue weighted by molar-refractivity contribution is 5.96. The molecule has 0 bridgehead atoms. The smallest absolute Gasteiger partial charge is 0.320 e. The summed E-state index contributed by atoms with van der Waals surface area (Å²) in [5.41, 5.74) is 20.4. The fourth-order valence-corrected chi connectivity index (χ4v) is 5.52. The van der Waals surface area contributed by atoms with E-state index in [1.165, 1.54) is 0 Å². The van der Waals surface area contributed by atoms with Gasteiger partial charge in [0.1, 0.15) is 30.5 Å². The number of carboxylic acid groups (broad SMARTS) is 3. The molecule has 58 heavy (non-hydrogen) atoms. The van der Waals surface area contributed by atoms with Gasteiger partial charge in [-0.1, -0.05) is 48.5 Å². The third kappa shape index (κ3) is 16.5. The molecule has 3 unspecified atom stereocenters. The quantitative estimate of drug-likeness (QED) is 0.0894. The molecule has 3 fully saturated rings. The van der Waals surface area contributed by atoms with E-state index in [4.69, 9.17) is 65.7 Å². The highest BCUT2D eigenvalue weighted by atomic mass is 16.7. The molecule has 316 valence electrons. The Morgan fingerprint density at radius 3 is 1.38 bits per heavy atom. The first kappa shape index (κ1) is 45.7. The number of hydrogen-bond donors (Lipinski definition) is 7. The zero-order chi connectivity index (χ0) is 41.9. The van der Waals surface area contributed by atoms with Gasteiger partial charge in [0.05, 0.1) is 52.6 Å². The van der Waals surface area contributed by atoms with Crippen molar-refractivity contribution in [2.45, 2.75) is 62.7 Å². The van der Waals surface area contributed by atoms with Gasteiger partial charge in [0, 0.05) is 11.3 Å². The Kier molecular flexibility index (Phi) is 18.9. The van der Waals surface area contributed by atoms with Crippen LogP contribution in [0.1, 0.15) is 33.5 Å². The van der Waals surface area contributed by atoms with Crippen molar-refractivity contribution in [1.29, 1.82) is 0 Å². The molecule has 3 aliphatic rings. The van der Waals surface area contributed by atoms with Crippen LogP contribution in [0.2, 0.25) is 0 Å². The van der Waals surface area contributed by atoms with Gasteiger partial charge >= 0.3 is 17.9 Å². The van der Waals surface area contributed by atoms with Gasteiger partial charge in [0.25, 0.3) is 0 Å². The molecule has 0 aliphatic carbocycles. The van der Waals surface area contributed by atoms with E-state index in [0.29, 0.717) is 76.9 Å². The summed E-state index contributed by atoms with van der Waals surface area (Å²) >= 11 is 0. The van der Waals surface area contributed by atoms with E-state index in [1.807, 2.05) is 24.3 Å². The second kappa shape index (κ2) is 24.0. The molecule has 10 N–H and O–H groups in total. The molecule has 18 nitrogen and oxygen atoms in total. The molecule has 3 aliphatic heterocycles. The van der Waals surface area contributed by atoms with E-state index in [0.717, 1.165) is 22.4 Å². The normalized spacial score (nSPS) is 17.2. The number of Topliss-reactive ketones (excluding diaryl/α,β-unsaturated/α-hetero) is 1. The molecule has 0 aromatic heterocycles. The van der Waals surface area contributed by atoms with Crippen LogP contribution in [-0.4, -0.2) is 129 Å². The Bertz CT molecular complexity index is 1630. The molecule has 0 amide bonds. The van der Waals surface area contributed by atoms with Crippen LogP contribution < -0.4 is 27.3 Å². The van der Waals surface area contributed by atoms with Crippen molar-refractivity contribution in [2.24, 2.45) is 17.2 Å². The summed E-state index contributed by atoms with van der Waals surface area (Å²) in [6, 6.07) is 18.7. The molecular weight excluding hydrogens is 760 g/mol. The van der Waals surface area contributed by atoms with Crippen LogP contribution in [0.4, 0.5) is 5.69 Å². The minimum absolute atomic E-state index is 0.0639. The Morgan fingerprint density at radius 2 is 0.948 bits per heavy atom. The van der Waals surface area contributed by atoms with Crippen LogP contribution in [0.3, 0.4) is 0 Å². The molecular formula is C40H52N4O14. The number of hydrogen-bond acceptors (Lipinski definition) is 15. The lowest BCUT2D eigenvalue weighted by atomic mass is 10.0. The Morgan fingerprint density at radius 1 is 0.569 bits per heavy atom. The first-order chi connectivity index (χ1) is 27.9. The second-order valence-corrected chi connectivity index (χ2v) is 13.3. The van der Waals surface area contributed by atoms with Gasteiger partial charge in [-0.05, 0) is 60.2 Å². The van der Waals surface area contributed by atoms with Crippen molar-refractivity contribution in [3.05, 3.63) is 95.1 Å². The summed E-state index contributed by atoms with van der Waals surface area (Å²) in [7, 11) is 0. The van der Waals surface area contributed by atoms with Crippen LogP contribution in [0.5, 0.6) is 5.75 Å². The number of benzene rings is 3. The molecule has 3 saturated heterocycles. The van der Waals surface area contributed by atoms with Crippen LogP contribution in [-0.2, 0) is 62.1 Å². The van der Waals surface area contributed by atoms with Gasteiger partial charge in [0.15, 0.2) is 24.7 Å². The van der Waals surface area contributed by atoms with Crippen molar-refractivity contribution < 1.29 is 67.7 Å².